The van der Waals surface area contributed by atoms with Crippen LogP contribution in [0.4, 0.5) is 0 Å². The van der Waals surface area contributed by atoms with Crippen molar-refractivity contribution in [3.8, 4) is 5.75 Å². The first kappa shape index (κ1) is 20.1. The lowest BCUT2D eigenvalue weighted by molar-refractivity contribution is 0.0722. The molecule has 0 saturated heterocycles. The second kappa shape index (κ2) is 8.28. The zero-order valence-corrected chi connectivity index (χ0v) is 17.4. The summed E-state index contributed by atoms with van der Waals surface area (Å²) >= 11 is 0. The fourth-order valence-electron chi connectivity index (χ4n) is 3.94. The molecule has 0 N–H and O–H groups in total. The van der Waals surface area contributed by atoms with Gasteiger partial charge in [-0.15, -0.1) is 0 Å². The molecule has 30 heavy (non-hydrogen) atoms. The summed E-state index contributed by atoms with van der Waals surface area (Å²) in [7, 11) is 3.99. The summed E-state index contributed by atoms with van der Waals surface area (Å²) in [5.74, 6) is 0.464. The maximum Gasteiger partial charge on any atom is 0.290 e. The fourth-order valence-corrected chi connectivity index (χ4v) is 3.94. The third-order valence-corrected chi connectivity index (χ3v) is 5.28. The van der Waals surface area contributed by atoms with Crippen molar-refractivity contribution in [1.29, 1.82) is 0 Å². The van der Waals surface area contributed by atoms with E-state index in [4.69, 9.17) is 9.15 Å². The molecule has 0 bridgehead atoms. The SMILES string of the molecule is CCOc1ccc2c(=O)c3c(oc2c1)C(=O)N(CCCN(C)C)C3c1ccncc1. The molecule has 1 unspecified atom stereocenters. The second-order valence-electron chi connectivity index (χ2n) is 7.60. The highest BCUT2D eigenvalue weighted by Crippen LogP contribution is 2.38. The van der Waals surface area contributed by atoms with Crippen molar-refractivity contribution in [2.24, 2.45) is 0 Å². The average molecular weight is 407 g/mol. The molecule has 1 amide bonds. The van der Waals surface area contributed by atoms with Crippen LogP contribution in [0.3, 0.4) is 0 Å². The highest BCUT2D eigenvalue weighted by molar-refractivity contribution is 5.99. The van der Waals surface area contributed by atoms with E-state index in [9.17, 15) is 9.59 Å². The van der Waals surface area contributed by atoms with Gasteiger partial charge in [0.25, 0.3) is 5.91 Å². The molecule has 3 aromatic rings. The molecule has 2 aromatic heterocycles. The van der Waals surface area contributed by atoms with Gasteiger partial charge in [0.2, 0.25) is 5.76 Å². The molecule has 1 atom stereocenters. The fraction of sp³-hybridized carbons (Fsp3) is 0.348. The number of aromatic nitrogens is 1. The van der Waals surface area contributed by atoms with Crippen molar-refractivity contribution in [2.75, 3.05) is 33.8 Å². The number of hydrogen-bond acceptors (Lipinski definition) is 6. The zero-order chi connectivity index (χ0) is 21.3. The Hall–Kier alpha value is -3.19. The number of carbonyl (C=O) groups is 1. The van der Waals surface area contributed by atoms with E-state index in [0.29, 0.717) is 35.4 Å². The smallest absolute Gasteiger partial charge is 0.290 e. The lowest BCUT2D eigenvalue weighted by Gasteiger charge is -2.25. The summed E-state index contributed by atoms with van der Waals surface area (Å²) in [6, 6.07) is 8.33. The van der Waals surface area contributed by atoms with E-state index in [1.54, 1.807) is 35.5 Å². The lowest BCUT2D eigenvalue weighted by atomic mass is 9.99. The van der Waals surface area contributed by atoms with Gasteiger partial charge in [-0.1, -0.05) is 0 Å². The summed E-state index contributed by atoms with van der Waals surface area (Å²) in [5, 5.41) is 0.444. The van der Waals surface area contributed by atoms with Gasteiger partial charge in [-0.2, -0.15) is 0 Å². The van der Waals surface area contributed by atoms with Crippen molar-refractivity contribution in [3.63, 3.8) is 0 Å². The Morgan fingerprint density at radius 3 is 2.63 bits per heavy atom. The van der Waals surface area contributed by atoms with Gasteiger partial charge in [0.1, 0.15) is 11.3 Å². The molecule has 0 fully saturated rings. The van der Waals surface area contributed by atoms with Crippen LogP contribution >= 0.6 is 0 Å². The van der Waals surface area contributed by atoms with Crippen LogP contribution in [0.2, 0.25) is 0 Å². The lowest BCUT2D eigenvalue weighted by Crippen LogP contribution is -2.32. The van der Waals surface area contributed by atoms with Crippen molar-refractivity contribution in [1.82, 2.24) is 14.8 Å². The number of amides is 1. The second-order valence-corrected chi connectivity index (χ2v) is 7.60. The number of benzene rings is 1. The molecule has 0 saturated carbocycles. The minimum atomic E-state index is -0.482. The molecule has 0 radical (unpaired) electrons. The van der Waals surface area contributed by atoms with Crippen LogP contribution in [-0.2, 0) is 0 Å². The van der Waals surface area contributed by atoms with Crippen molar-refractivity contribution < 1.29 is 13.9 Å². The van der Waals surface area contributed by atoms with Gasteiger partial charge in [-0.25, -0.2) is 0 Å². The molecule has 1 aliphatic heterocycles. The quantitative estimate of drug-likeness (QED) is 0.599. The molecule has 156 valence electrons. The van der Waals surface area contributed by atoms with Gasteiger partial charge in [-0.3, -0.25) is 14.6 Å². The number of rotatable bonds is 7. The van der Waals surface area contributed by atoms with Crippen molar-refractivity contribution in [2.45, 2.75) is 19.4 Å². The normalized spacial score (nSPS) is 15.8. The van der Waals surface area contributed by atoms with E-state index >= 15 is 0 Å². The van der Waals surface area contributed by atoms with E-state index < -0.39 is 6.04 Å². The van der Waals surface area contributed by atoms with Crippen LogP contribution in [0.5, 0.6) is 5.75 Å². The van der Waals surface area contributed by atoms with Gasteiger partial charge in [-0.05, 0) is 63.8 Å². The number of fused-ring (bicyclic) bond motifs is 2. The van der Waals surface area contributed by atoms with E-state index in [2.05, 4.69) is 9.88 Å². The Bertz CT molecular complexity index is 1120. The molecule has 7 nitrogen and oxygen atoms in total. The molecule has 1 aliphatic rings. The third kappa shape index (κ3) is 3.57. The van der Waals surface area contributed by atoms with Crippen LogP contribution in [0.15, 0.2) is 51.9 Å². The van der Waals surface area contributed by atoms with Crippen LogP contribution < -0.4 is 10.2 Å². The van der Waals surface area contributed by atoms with Crippen LogP contribution in [0.1, 0.15) is 41.1 Å². The van der Waals surface area contributed by atoms with Gasteiger partial charge in [0.15, 0.2) is 5.43 Å². The molecule has 4 rings (SSSR count). The van der Waals surface area contributed by atoms with E-state index in [0.717, 1.165) is 18.5 Å². The number of pyridine rings is 1. The maximum atomic E-state index is 13.4. The Morgan fingerprint density at radius 2 is 1.93 bits per heavy atom. The Labute approximate surface area is 174 Å². The number of nitrogens with zero attached hydrogens (tertiary/aromatic N) is 3. The maximum absolute atomic E-state index is 13.4. The summed E-state index contributed by atoms with van der Waals surface area (Å²) < 4.78 is 11.5. The summed E-state index contributed by atoms with van der Waals surface area (Å²) in [4.78, 5) is 34.6. The molecule has 0 spiro atoms. The first-order valence-corrected chi connectivity index (χ1v) is 10.1. The predicted molar refractivity (Wildman–Crippen MR) is 114 cm³/mol. The minimum absolute atomic E-state index is 0.118. The standard InChI is InChI=1S/C23H25N3O4/c1-4-29-16-6-7-17-18(14-16)30-22-19(21(17)27)20(15-8-10-24-11-9-15)26(23(22)28)13-5-12-25(2)3/h6-11,14,20H,4-5,12-13H2,1-3H3. The molecular formula is C23H25N3O4. The summed E-state index contributed by atoms with van der Waals surface area (Å²) in [6.07, 6.45) is 4.14. The van der Waals surface area contributed by atoms with Gasteiger partial charge < -0.3 is 19.0 Å². The van der Waals surface area contributed by atoms with Crippen LogP contribution in [-0.4, -0.2) is 54.5 Å². The Morgan fingerprint density at radius 1 is 1.17 bits per heavy atom. The van der Waals surface area contributed by atoms with E-state index in [1.165, 1.54) is 0 Å². The monoisotopic (exact) mass is 407 g/mol. The number of hydrogen-bond donors (Lipinski definition) is 0. The number of ether oxygens (including phenoxy) is 1. The predicted octanol–water partition coefficient (Wildman–Crippen LogP) is 3.08. The Balaban J connectivity index is 1.84. The van der Waals surface area contributed by atoms with Crippen LogP contribution in [0, 0.1) is 0 Å². The van der Waals surface area contributed by atoms with Crippen molar-refractivity contribution >= 4 is 16.9 Å². The molecule has 0 aliphatic carbocycles. The zero-order valence-electron chi connectivity index (χ0n) is 17.4. The van der Waals surface area contributed by atoms with Crippen LogP contribution in [0.25, 0.3) is 11.0 Å². The van der Waals surface area contributed by atoms with Gasteiger partial charge in [0, 0.05) is 25.0 Å². The largest absolute Gasteiger partial charge is 0.494 e. The first-order valence-electron chi connectivity index (χ1n) is 10.1. The highest BCUT2D eigenvalue weighted by atomic mass is 16.5. The topological polar surface area (TPSA) is 75.9 Å². The Kier molecular flexibility index (Phi) is 5.55. The van der Waals surface area contributed by atoms with E-state index in [1.807, 2.05) is 33.2 Å². The van der Waals surface area contributed by atoms with Gasteiger partial charge >= 0.3 is 0 Å². The molecule has 7 heteroatoms. The summed E-state index contributed by atoms with van der Waals surface area (Å²) in [5.41, 5.74) is 1.42. The average Bonchev–Trinajstić information content (AvgIpc) is 3.01. The highest BCUT2D eigenvalue weighted by Gasteiger charge is 2.42. The molecule has 1 aromatic carbocycles. The van der Waals surface area contributed by atoms with Gasteiger partial charge in [0.05, 0.1) is 23.6 Å². The first-order chi connectivity index (χ1) is 14.5. The number of carbonyl (C=O) groups excluding carboxylic acids is 1. The van der Waals surface area contributed by atoms with E-state index in [-0.39, 0.29) is 17.1 Å². The summed E-state index contributed by atoms with van der Waals surface area (Å²) in [6.45, 7) is 3.75. The minimum Gasteiger partial charge on any atom is -0.494 e. The third-order valence-electron chi connectivity index (χ3n) is 5.28. The van der Waals surface area contributed by atoms with Crippen molar-refractivity contribution in [3.05, 3.63) is 69.8 Å². The molecule has 3 heterocycles. The molecular weight excluding hydrogens is 382 g/mol.